The molecule has 1 aliphatic rings. The maximum Gasteiger partial charge on any atom is 0.326 e. The standard InChI is InChI=1S/C29H43FN6O8/c30-14-2-4-21(31)18-36(32)22-8-6-19(7-9-22)3-1-5-25(37)35-15-12-20(13-16-35)17-24(28(42)43)34-29(44)33-23(27(40)41)10-11-26(38)39/h6-9,18,20,23-24H,1-5,10-17,31-32H2,(H,38,39)(H,40,41)(H,42,43)(H2,33,34,44)/b21-18-. The van der Waals surface area contributed by atoms with Gasteiger partial charge in [-0.05, 0) is 75.0 Å². The maximum absolute atomic E-state index is 12.8. The second-order valence-corrected chi connectivity index (χ2v) is 10.8. The lowest BCUT2D eigenvalue weighted by Crippen LogP contribution is -2.52. The molecule has 1 aromatic rings. The minimum Gasteiger partial charge on any atom is -0.481 e. The summed E-state index contributed by atoms with van der Waals surface area (Å²) in [6.45, 7) is 0.476. The predicted molar refractivity (Wildman–Crippen MR) is 159 cm³/mol. The third kappa shape index (κ3) is 12.9. The Labute approximate surface area is 255 Å². The fourth-order valence-electron chi connectivity index (χ4n) is 4.88. The monoisotopic (exact) mass is 622 g/mol. The van der Waals surface area contributed by atoms with E-state index in [0.29, 0.717) is 63.7 Å². The molecule has 1 aliphatic heterocycles. The van der Waals surface area contributed by atoms with Gasteiger partial charge in [0, 0.05) is 37.8 Å². The van der Waals surface area contributed by atoms with Crippen molar-refractivity contribution in [1.29, 1.82) is 0 Å². The van der Waals surface area contributed by atoms with Crippen LogP contribution in [0.4, 0.5) is 14.9 Å². The van der Waals surface area contributed by atoms with Crippen molar-refractivity contribution < 1.29 is 43.7 Å². The van der Waals surface area contributed by atoms with Crippen molar-refractivity contribution in [2.45, 2.75) is 76.3 Å². The molecule has 0 saturated carbocycles. The number of hydrogen-bond acceptors (Lipinski definition) is 8. The van der Waals surface area contributed by atoms with Gasteiger partial charge in [0.1, 0.15) is 12.1 Å². The molecule has 1 aromatic carbocycles. The van der Waals surface area contributed by atoms with Crippen LogP contribution in [0.2, 0.25) is 0 Å². The average molecular weight is 623 g/mol. The van der Waals surface area contributed by atoms with Gasteiger partial charge in [-0.2, -0.15) is 0 Å². The van der Waals surface area contributed by atoms with Gasteiger partial charge in [0.2, 0.25) is 5.91 Å². The number of nitrogens with one attached hydrogen (secondary N) is 2. The molecule has 0 bridgehead atoms. The van der Waals surface area contributed by atoms with Crippen molar-refractivity contribution in [3.63, 3.8) is 0 Å². The highest BCUT2D eigenvalue weighted by Crippen LogP contribution is 2.23. The zero-order chi connectivity index (χ0) is 32.6. The van der Waals surface area contributed by atoms with Crippen LogP contribution in [0.3, 0.4) is 0 Å². The molecular weight excluding hydrogens is 579 g/mol. The smallest absolute Gasteiger partial charge is 0.326 e. The summed E-state index contributed by atoms with van der Waals surface area (Å²) >= 11 is 0. The maximum atomic E-state index is 12.8. The van der Waals surface area contributed by atoms with E-state index in [0.717, 1.165) is 11.3 Å². The van der Waals surface area contributed by atoms with Crippen LogP contribution in [-0.2, 0) is 25.6 Å². The van der Waals surface area contributed by atoms with Gasteiger partial charge < -0.3 is 36.6 Å². The normalized spacial score (nSPS) is 15.2. The Hall–Kier alpha value is -4.40. The number of carbonyl (C=O) groups excluding carboxylic acids is 2. The topological polar surface area (TPSA) is 229 Å². The number of nitrogens with zero attached hydrogens (tertiary/aromatic N) is 2. The number of likely N-dealkylation sites (tertiary alicyclic amines) is 1. The van der Waals surface area contributed by atoms with Crippen molar-refractivity contribution in [2.75, 3.05) is 24.8 Å². The molecule has 3 amide bonds. The summed E-state index contributed by atoms with van der Waals surface area (Å²) < 4.78 is 12.3. The molecule has 2 atom stereocenters. The number of urea groups is 1. The fourth-order valence-corrected chi connectivity index (χ4v) is 4.88. The van der Waals surface area contributed by atoms with Crippen LogP contribution in [0.1, 0.15) is 63.4 Å². The Bertz CT molecular complexity index is 1160. The summed E-state index contributed by atoms with van der Waals surface area (Å²) in [4.78, 5) is 60.5. The highest BCUT2D eigenvalue weighted by Gasteiger charge is 2.30. The highest BCUT2D eigenvalue weighted by atomic mass is 19.1. The summed E-state index contributed by atoms with van der Waals surface area (Å²) in [7, 11) is 0. The van der Waals surface area contributed by atoms with Gasteiger partial charge >= 0.3 is 23.9 Å². The van der Waals surface area contributed by atoms with E-state index >= 15 is 0 Å². The van der Waals surface area contributed by atoms with Crippen LogP contribution in [0.15, 0.2) is 36.2 Å². The molecule has 0 radical (unpaired) electrons. The number of halogens is 1. The SMILES string of the molecule is N/C(=C\N(N)c1ccc(CCCC(=O)N2CCC(CC(NC(=O)NC(CCC(=O)O)C(=O)O)C(=O)O)CC2)cc1)CCCF. The van der Waals surface area contributed by atoms with Crippen molar-refractivity contribution in [3.05, 3.63) is 41.7 Å². The summed E-state index contributed by atoms with van der Waals surface area (Å²) in [5, 5.41) is 33.3. The molecule has 1 saturated heterocycles. The Morgan fingerprint density at radius 2 is 1.57 bits per heavy atom. The van der Waals surface area contributed by atoms with E-state index in [4.69, 9.17) is 16.7 Å². The number of piperidine rings is 1. The lowest BCUT2D eigenvalue weighted by atomic mass is 9.90. The Morgan fingerprint density at radius 1 is 0.955 bits per heavy atom. The summed E-state index contributed by atoms with van der Waals surface area (Å²) in [5.74, 6) is 2.01. The number of anilines is 1. The minimum absolute atomic E-state index is 0.00968. The van der Waals surface area contributed by atoms with Crippen LogP contribution in [0, 0.1) is 5.92 Å². The number of alkyl halides is 1. The van der Waals surface area contributed by atoms with Crippen molar-refractivity contribution in [3.8, 4) is 0 Å². The van der Waals surface area contributed by atoms with Crippen LogP contribution in [0.25, 0.3) is 0 Å². The largest absolute Gasteiger partial charge is 0.481 e. The number of aryl methyl sites for hydroxylation is 1. The number of carboxylic acid groups (broad SMARTS) is 3. The van der Waals surface area contributed by atoms with E-state index in [9.17, 15) is 38.6 Å². The quantitative estimate of drug-likeness (QED) is 0.0924. The number of benzene rings is 1. The number of hydrazine groups is 1. The second kappa shape index (κ2) is 18.3. The Morgan fingerprint density at radius 3 is 2.14 bits per heavy atom. The van der Waals surface area contributed by atoms with Gasteiger partial charge in [0.25, 0.3) is 0 Å². The van der Waals surface area contributed by atoms with Crippen LogP contribution in [-0.4, -0.2) is 81.9 Å². The first kappa shape index (κ1) is 35.8. The van der Waals surface area contributed by atoms with Gasteiger partial charge in [0.05, 0.1) is 12.4 Å². The zero-order valence-corrected chi connectivity index (χ0v) is 24.6. The van der Waals surface area contributed by atoms with Gasteiger partial charge in [-0.3, -0.25) is 19.0 Å². The third-order valence-corrected chi connectivity index (χ3v) is 7.38. The lowest BCUT2D eigenvalue weighted by molar-refractivity contribution is -0.141. The molecule has 15 heteroatoms. The van der Waals surface area contributed by atoms with Crippen LogP contribution < -0.4 is 27.2 Å². The number of allylic oxidation sites excluding steroid dienone is 1. The van der Waals surface area contributed by atoms with Crippen molar-refractivity contribution >= 4 is 35.5 Å². The van der Waals surface area contributed by atoms with Gasteiger partial charge in [-0.1, -0.05) is 12.1 Å². The molecule has 1 fully saturated rings. The Kier molecular flexibility index (Phi) is 14.9. The zero-order valence-electron chi connectivity index (χ0n) is 24.6. The van der Waals surface area contributed by atoms with Crippen molar-refractivity contribution in [1.82, 2.24) is 15.5 Å². The number of carbonyl (C=O) groups is 5. The molecule has 0 aromatic heterocycles. The van der Waals surface area contributed by atoms with Gasteiger partial charge in [-0.25, -0.2) is 20.2 Å². The number of rotatable bonds is 18. The molecule has 44 heavy (non-hydrogen) atoms. The molecule has 0 aliphatic carbocycles. The number of carboxylic acids is 3. The molecule has 2 unspecified atom stereocenters. The summed E-state index contributed by atoms with van der Waals surface area (Å²) in [6, 6.07) is 3.76. The predicted octanol–water partition coefficient (Wildman–Crippen LogP) is 1.94. The first-order chi connectivity index (χ1) is 20.9. The molecule has 0 spiro atoms. The number of nitrogens with two attached hydrogens (primary N) is 2. The number of hydrogen-bond donors (Lipinski definition) is 7. The molecule has 1 heterocycles. The van der Waals surface area contributed by atoms with Gasteiger partial charge in [-0.15, -0.1) is 0 Å². The fraction of sp³-hybridized carbons (Fsp3) is 0.552. The van der Waals surface area contributed by atoms with Gasteiger partial charge in [0.15, 0.2) is 0 Å². The van der Waals surface area contributed by atoms with E-state index in [2.05, 4.69) is 10.6 Å². The summed E-state index contributed by atoms with van der Waals surface area (Å²) in [5.41, 5.74) is 8.09. The highest BCUT2D eigenvalue weighted by molar-refractivity contribution is 5.86. The second-order valence-electron chi connectivity index (χ2n) is 10.8. The number of amides is 3. The molecule has 244 valence electrons. The first-order valence-corrected chi connectivity index (χ1v) is 14.6. The Balaban J connectivity index is 1.76. The van der Waals surface area contributed by atoms with Crippen LogP contribution >= 0.6 is 0 Å². The number of aliphatic carboxylic acids is 3. The van der Waals surface area contributed by atoms with Crippen molar-refractivity contribution in [2.24, 2.45) is 17.5 Å². The van der Waals surface area contributed by atoms with E-state index < -0.39 is 49.1 Å². The lowest BCUT2D eigenvalue weighted by Gasteiger charge is -2.33. The molecule has 14 nitrogen and oxygen atoms in total. The van der Waals surface area contributed by atoms with E-state index in [1.54, 1.807) is 11.1 Å². The minimum atomic E-state index is -1.47. The average Bonchev–Trinajstić information content (AvgIpc) is 2.98. The molecular formula is C29H43FN6O8. The van der Waals surface area contributed by atoms with E-state index in [1.807, 2.05) is 24.3 Å². The summed E-state index contributed by atoms with van der Waals surface area (Å²) in [6.07, 6.45) is 4.40. The van der Waals surface area contributed by atoms with Crippen LogP contribution in [0.5, 0.6) is 0 Å². The van der Waals surface area contributed by atoms with E-state index in [-0.39, 0.29) is 24.7 Å². The van der Waals surface area contributed by atoms with E-state index in [1.165, 1.54) is 5.01 Å². The first-order valence-electron chi connectivity index (χ1n) is 14.6. The molecule has 2 rings (SSSR count). The third-order valence-electron chi connectivity index (χ3n) is 7.38. The molecule has 9 N–H and O–H groups in total.